The zero-order chi connectivity index (χ0) is 21.9. The summed E-state index contributed by atoms with van der Waals surface area (Å²) in [6.07, 6.45) is 5.82. The predicted molar refractivity (Wildman–Crippen MR) is 104 cm³/mol. The highest BCUT2D eigenvalue weighted by molar-refractivity contribution is 7.93. The standard InChI is InChI=1S/C20H17F3N2O4S/c1-2-12-29-17-5-3-4-15-10-11-25(19(26)18(15)17)13-14-6-8-16(9-7-14)24-30(27,28)20(21,22)23/h1,3-9,24H,10-13H2. The molecule has 6 nitrogen and oxygen atoms in total. The molecule has 0 atom stereocenters. The van der Waals surface area contributed by atoms with E-state index in [2.05, 4.69) is 5.92 Å². The highest BCUT2D eigenvalue weighted by Crippen LogP contribution is 2.29. The second-order valence-corrected chi connectivity index (χ2v) is 8.18. The number of hydrogen-bond donors (Lipinski definition) is 1. The minimum absolute atomic E-state index is 0.0268. The summed E-state index contributed by atoms with van der Waals surface area (Å²) in [6.45, 7) is 0.681. The van der Waals surface area contributed by atoms with Crippen LogP contribution >= 0.6 is 0 Å². The van der Waals surface area contributed by atoms with Crippen LogP contribution in [-0.4, -0.2) is 37.9 Å². The number of alkyl halides is 3. The number of terminal acetylenes is 1. The number of fused-ring (bicyclic) bond motifs is 1. The molecule has 1 amide bonds. The van der Waals surface area contributed by atoms with E-state index in [1.165, 1.54) is 29.0 Å². The van der Waals surface area contributed by atoms with Crippen molar-refractivity contribution in [3.63, 3.8) is 0 Å². The van der Waals surface area contributed by atoms with Gasteiger partial charge in [0.25, 0.3) is 5.91 Å². The van der Waals surface area contributed by atoms with Gasteiger partial charge in [-0.25, -0.2) is 0 Å². The number of nitrogens with one attached hydrogen (secondary N) is 1. The molecular formula is C20H17F3N2O4S. The third-order valence-electron chi connectivity index (χ3n) is 4.46. The monoisotopic (exact) mass is 438 g/mol. The summed E-state index contributed by atoms with van der Waals surface area (Å²) >= 11 is 0. The van der Waals surface area contributed by atoms with Crippen molar-refractivity contribution in [2.24, 2.45) is 0 Å². The van der Waals surface area contributed by atoms with Crippen molar-refractivity contribution >= 4 is 21.6 Å². The van der Waals surface area contributed by atoms with Crippen molar-refractivity contribution in [1.29, 1.82) is 0 Å². The van der Waals surface area contributed by atoms with Gasteiger partial charge in [0.2, 0.25) is 0 Å². The minimum atomic E-state index is -5.49. The fourth-order valence-electron chi connectivity index (χ4n) is 3.04. The number of amides is 1. The Morgan fingerprint density at radius 3 is 2.50 bits per heavy atom. The topological polar surface area (TPSA) is 75.7 Å². The molecule has 0 bridgehead atoms. The van der Waals surface area contributed by atoms with E-state index in [0.29, 0.717) is 29.8 Å². The summed E-state index contributed by atoms with van der Waals surface area (Å²) in [5.41, 5.74) is -3.71. The molecule has 1 N–H and O–H groups in total. The molecular weight excluding hydrogens is 421 g/mol. The average molecular weight is 438 g/mol. The van der Waals surface area contributed by atoms with Gasteiger partial charge < -0.3 is 9.64 Å². The van der Waals surface area contributed by atoms with Gasteiger partial charge in [-0.2, -0.15) is 21.6 Å². The molecule has 3 rings (SSSR count). The molecule has 1 heterocycles. The van der Waals surface area contributed by atoms with Crippen LogP contribution in [0, 0.1) is 12.3 Å². The number of benzene rings is 2. The lowest BCUT2D eigenvalue weighted by atomic mass is 9.97. The van der Waals surface area contributed by atoms with Crippen LogP contribution in [0.2, 0.25) is 0 Å². The van der Waals surface area contributed by atoms with E-state index >= 15 is 0 Å². The second kappa shape index (κ2) is 8.28. The molecule has 0 saturated heterocycles. The highest BCUT2D eigenvalue weighted by Gasteiger charge is 2.46. The molecule has 0 unspecified atom stereocenters. The van der Waals surface area contributed by atoms with Gasteiger partial charge in [-0.3, -0.25) is 9.52 Å². The maximum Gasteiger partial charge on any atom is 0.516 e. The second-order valence-electron chi connectivity index (χ2n) is 6.51. The van der Waals surface area contributed by atoms with Crippen molar-refractivity contribution in [2.75, 3.05) is 17.9 Å². The average Bonchev–Trinajstić information content (AvgIpc) is 2.68. The van der Waals surface area contributed by atoms with Crippen LogP contribution in [0.3, 0.4) is 0 Å². The van der Waals surface area contributed by atoms with Crippen molar-refractivity contribution < 1.29 is 31.1 Å². The van der Waals surface area contributed by atoms with Gasteiger partial charge in [-0.15, -0.1) is 6.42 Å². The van der Waals surface area contributed by atoms with E-state index in [0.717, 1.165) is 5.56 Å². The molecule has 30 heavy (non-hydrogen) atoms. The number of carbonyl (C=O) groups is 1. The quantitative estimate of drug-likeness (QED) is 0.703. The molecule has 1 aliphatic rings. The normalized spacial score (nSPS) is 14.1. The first-order valence-corrected chi connectivity index (χ1v) is 10.3. The third-order valence-corrected chi connectivity index (χ3v) is 5.57. The largest absolute Gasteiger partial charge is 0.516 e. The van der Waals surface area contributed by atoms with E-state index in [-0.39, 0.29) is 24.7 Å². The van der Waals surface area contributed by atoms with Gasteiger partial charge in [-0.1, -0.05) is 30.2 Å². The molecule has 1 aliphatic heterocycles. The van der Waals surface area contributed by atoms with Crippen molar-refractivity contribution in [3.8, 4) is 18.1 Å². The van der Waals surface area contributed by atoms with E-state index < -0.39 is 15.5 Å². The van der Waals surface area contributed by atoms with E-state index in [9.17, 15) is 26.4 Å². The molecule has 10 heteroatoms. The lowest BCUT2D eigenvalue weighted by Crippen LogP contribution is -2.37. The SMILES string of the molecule is C#CCOc1cccc2c1C(=O)N(Cc1ccc(NS(=O)(=O)C(F)(F)F)cc1)CC2. The third kappa shape index (κ3) is 4.52. The number of ether oxygens (including phenoxy) is 1. The Kier molecular flexibility index (Phi) is 5.94. The Labute approximate surface area is 171 Å². The first kappa shape index (κ1) is 21.5. The van der Waals surface area contributed by atoms with Crippen LogP contribution in [-0.2, 0) is 23.0 Å². The Morgan fingerprint density at radius 1 is 1.17 bits per heavy atom. The number of sulfonamides is 1. The molecule has 0 spiro atoms. The van der Waals surface area contributed by atoms with Gasteiger partial charge >= 0.3 is 15.5 Å². The molecule has 0 aromatic heterocycles. The molecule has 2 aromatic carbocycles. The van der Waals surface area contributed by atoms with Crippen molar-refractivity contribution in [3.05, 3.63) is 59.2 Å². The zero-order valence-electron chi connectivity index (χ0n) is 15.6. The van der Waals surface area contributed by atoms with Crippen LogP contribution < -0.4 is 9.46 Å². The Morgan fingerprint density at radius 2 is 1.87 bits per heavy atom. The lowest BCUT2D eigenvalue weighted by molar-refractivity contribution is -0.0429. The maximum absolute atomic E-state index is 12.9. The smallest absolute Gasteiger partial charge is 0.480 e. The first-order chi connectivity index (χ1) is 14.1. The van der Waals surface area contributed by atoms with Gasteiger partial charge in [-0.05, 0) is 35.7 Å². The Hall–Kier alpha value is -3.19. The van der Waals surface area contributed by atoms with Gasteiger partial charge in [0.1, 0.15) is 12.4 Å². The number of anilines is 1. The van der Waals surface area contributed by atoms with Crippen LogP contribution in [0.1, 0.15) is 21.5 Å². The summed E-state index contributed by atoms with van der Waals surface area (Å²) in [5, 5.41) is 0. The van der Waals surface area contributed by atoms with Crippen molar-refractivity contribution in [2.45, 2.75) is 18.5 Å². The molecule has 0 saturated carbocycles. The number of carbonyl (C=O) groups excluding carboxylic acids is 1. The fraction of sp³-hybridized carbons (Fsp3) is 0.250. The number of nitrogens with zero attached hydrogens (tertiary/aromatic N) is 1. The first-order valence-electron chi connectivity index (χ1n) is 8.78. The number of rotatable bonds is 6. The number of hydrogen-bond acceptors (Lipinski definition) is 4. The Bertz CT molecular complexity index is 1090. The highest BCUT2D eigenvalue weighted by atomic mass is 32.2. The summed E-state index contributed by atoms with van der Waals surface area (Å²) in [4.78, 5) is 14.5. The number of halogens is 3. The summed E-state index contributed by atoms with van der Waals surface area (Å²) in [6, 6.07) is 10.6. The van der Waals surface area contributed by atoms with E-state index in [4.69, 9.17) is 11.2 Å². The Balaban J connectivity index is 1.74. The summed E-state index contributed by atoms with van der Waals surface area (Å²) in [7, 11) is -5.49. The van der Waals surface area contributed by atoms with Crippen LogP contribution in [0.15, 0.2) is 42.5 Å². The van der Waals surface area contributed by atoms with Crippen LogP contribution in [0.4, 0.5) is 18.9 Å². The van der Waals surface area contributed by atoms with Crippen molar-refractivity contribution in [1.82, 2.24) is 4.90 Å². The van der Waals surface area contributed by atoms with Crippen LogP contribution in [0.5, 0.6) is 5.75 Å². The van der Waals surface area contributed by atoms with E-state index in [1.54, 1.807) is 17.0 Å². The van der Waals surface area contributed by atoms with Gasteiger partial charge in [0.15, 0.2) is 0 Å². The molecule has 0 fully saturated rings. The fourth-order valence-corrected chi connectivity index (χ4v) is 3.61. The van der Waals surface area contributed by atoms with Gasteiger partial charge in [0.05, 0.1) is 5.56 Å². The van der Waals surface area contributed by atoms with Gasteiger partial charge in [0, 0.05) is 18.8 Å². The molecule has 2 aromatic rings. The van der Waals surface area contributed by atoms with Crippen LogP contribution in [0.25, 0.3) is 0 Å². The minimum Gasteiger partial charge on any atom is -0.480 e. The summed E-state index contributed by atoms with van der Waals surface area (Å²) in [5.74, 6) is 2.51. The lowest BCUT2D eigenvalue weighted by Gasteiger charge is -2.29. The van der Waals surface area contributed by atoms with E-state index in [1.807, 2.05) is 6.07 Å². The molecule has 0 radical (unpaired) electrons. The molecule has 0 aliphatic carbocycles. The summed E-state index contributed by atoms with van der Waals surface area (Å²) < 4.78 is 66.7. The predicted octanol–water partition coefficient (Wildman–Crippen LogP) is 3.16. The molecule has 158 valence electrons. The maximum atomic E-state index is 12.9. The zero-order valence-corrected chi connectivity index (χ0v) is 16.4.